The second-order valence-corrected chi connectivity index (χ2v) is 4.35. The fraction of sp³-hybridized carbons (Fsp3) is 0.231. The second-order valence-electron chi connectivity index (χ2n) is 4.35. The third-order valence-corrected chi connectivity index (χ3v) is 2.81. The monoisotopic (exact) mass is 272 g/mol. The van der Waals surface area contributed by atoms with E-state index in [1.807, 2.05) is 13.0 Å². The SMILES string of the molecule is COC(=O)c1ccc2nn(Cc3cc(C)on3)cc2n1. The van der Waals surface area contributed by atoms with Gasteiger partial charge in [0.2, 0.25) is 0 Å². The van der Waals surface area contributed by atoms with Crippen LogP contribution in [0, 0.1) is 6.92 Å². The maximum Gasteiger partial charge on any atom is 0.356 e. The molecule has 0 aromatic carbocycles. The summed E-state index contributed by atoms with van der Waals surface area (Å²) in [7, 11) is 1.32. The van der Waals surface area contributed by atoms with Gasteiger partial charge in [0.1, 0.15) is 28.2 Å². The minimum atomic E-state index is -0.466. The van der Waals surface area contributed by atoms with Gasteiger partial charge in [-0.25, -0.2) is 9.78 Å². The van der Waals surface area contributed by atoms with Crippen molar-refractivity contribution in [2.75, 3.05) is 7.11 Å². The zero-order chi connectivity index (χ0) is 14.1. The quantitative estimate of drug-likeness (QED) is 0.673. The van der Waals surface area contributed by atoms with Crippen molar-refractivity contribution in [1.82, 2.24) is 19.9 Å². The minimum Gasteiger partial charge on any atom is -0.464 e. The summed E-state index contributed by atoms with van der Waals surface area (Å²) in [6, 6.07) is 5.17. The van der Waals surface area contributed by atoms with E-state index < -0.39 is 5.97 Å². The number of ether oxygens (including phenoxy) is 1. The normalized spacial score (nSPS) is 10.9. The molecule has 0 N–H and O–H groups in total. The third kappa shape index (κ3) is 2.25. The number of pyridine rings is 1. The summed E-state index contributed by atoms with van der Waals surface area (Å²) in [5.74, 6) is 0.287. The fourth-order valence-corrected chi connectivity index (χ4v) is 1.91. The highest BCUT2D eigenvalue weighted by atomic mass is 16.5. The van der Waals surface area contributed by atoms with E-state index in [1.54, 1.807) is 23.0 Å². The van der Waals surface area contributed by atoms with Crippen molar-refractivity contribution >= 4 is 17.0 Å². The number of methoxy groups -OCH3 is 1. The molecule has 0 fully saturated rings. The molecule has 0 atom stereocenters. The van der Waals surface area contributed by atoms with Crippen LogP contribution in [0.5, 0.6) is 0 Å². The van der Waals surface area contributed by atoms with Crippen LogP contribution < -0.4 is 0 Å². The van der Waals surface area contributed by atoms with Gasteiger partial charge < -0.3 is 9.26 Å². The van der Waals surface area contributed by atoms with E-state index in [2.05, 4.69) is 20.0 Å². The molecular weight excluding hydrogens is 260 g/mol. The molecule has 0 bridgehead atoms. The topological polar surface area (TPSA) is 83.0 Å². The predicted molar refractivity (Wildman–Crippen MR) is 69.2 cm³/mol. The Bertz CT molecular complexity index is 775. The Morgan fingerprint density at radius 2 is 2.25 bits per heavy atom. The van der Waals surface area contributed by atoms with Gasteiger partial charge in [-0.15, -0.1) is 0 Å². The number of aryl methyl sites for hydroxylation is 1. The highest BCUT2D eigenvalue weighted by Gasteiger charge is 2.10. The Balaban J connectivity index is 1.92. The van der Waals surface area contributed by atoms with E-state index in [4.69, 9.17) is 4.52 Å². The number of carbonyl (C=O) groups is 1. The Labute approximate surface area is 114 Å². The van der Waals surface area contributed by atoms with Crippen LogP contribution in [0.15, 0.2) is 28.9 Å². The van der Waals surface area contributed by atoms with Gasteiger partial charge in [0, 0.05) is 6.07 Å². The van der Waals surface area contributed by atoms with E-state index >= 15 is 0 Å². The number of esters is 1. The zero-order valence-corrected chi connectivity index (χ0v) is 11.0. The largest absolute Gasteiger partial charge is 0.464 e. The summed E-state index contributed by atoms with van der Waals surface area (Å²) in [5, 5.41) is 8.27. The summed E-state index contributed by atoms with van der Waals surface area (Å²) < 4.78 is 11.4. The van der Waals surface area contributed by atoms with Crippen LogP contribution in [0.25, 0.3) is 11.0 Å². The van der Waals surface area contributed by atoms with Crippen molar-refractivity contribution in [2.24, 2.45) is 0 Å². The van der Waals surface area contributed by atoms with Crippen LogP contribution in [-0.2, 0) is 11.3 Å². The maximum atomic E-state index is 11.4. The van der Waals surface area contributed by atoms with Crippen molar-refractivity contribution in [3.63, 3.8) is 0 Å². The Morgan fingerprint density at radius 1 is 1.40 bits per heavy atom. The summed E-state index contributed by atoms with van der Waals surface area (Å²) in [6.07, 6.45) is 1.76. The first-order valence-corrected chi connectivity index (χ1v) is 6.00. The zero-order valence-electron chi connectivity index (χ0n) is 11.0. The lowest BCUT2D eigenvalue weighted by Gasteiger charge is -1.96. The van der Waals surface area contributed by atoms with Crippen LogP contribution in [0.4, 0.5) is 0 Å². The second kappa shape index (κ2) is 4.76. The highest BCUT2D eigenvalue weighted by molar-refractivity contribution is 5.90. The molecule has 7 nitrogen and oxygen atoms in total. The molecule has 20 heavy (non-hydrogen) atoms. The molecule has 3 aromatic rings. The molecule has 0 saturated carbocycles. The standard InChI is InChI=1S/C13H12N4O3/c1-8-5-9(16-20-8)6-17-7-12-10(15-17)3-4-11(14-12)13(18)19-2/h3-5,7H,6H2,1-2H3. The van der Waals surface area contributed by atoms with Gasteiger partial charge in [-0.2, -0.15) is 5.10 Å². The molecule has 0 unspecified atom stereocenters. The smallest absolute Gasteiger partial charge is 0.356 e. The number of hydrogen-bond acceptors (Lipinski definition) is 6. The average molecular weight is 272 g/mol. The molecule has 3 rings (SSSR count). The molecule has 0 amide bonds. The van der Waals surface area contributed by atoms with Crippen LogP contribution in [0.3, 0.4) is 0 Å². The van der Waals surface area contributed by atoms with E-state index in [9.17, 15) is 4.79 Å². The summed E-state index contributed by atoms with van der Waals surface area (Å²) in [6.45, 7) is 2.32. The summed E-state index contributed by atoms with van der Waals surface area (Å²) in [5.41, 5.74) is 2.38. The number of nitrogens with zero attached hydrogens (tertiary/aromatic N) is 4. The fourth-order valence-electron chi connectivity index (χ4n) is 1.91. The van der Waals surface area contributed by atoms with Crippen LogP contribution in [0.2, 0.25) is 0 Å². The number of carbonyl (C=O) groups excluding carboxylic acids is 1. The van der Waals surface area contributed by atoms with Gasteiger partial charge in [-0.3, -0.25) is 4.68 Å². The van der Waals surface area contributed by atoms with Crippen LogP contribution in [-0.4, -0.2) is 33.0 Å². The molecule has 3 heterocycles. The van der Waals surface area contributed by atoms with Gasteiger partial charge in [0.05, 0.1) is 19.9 Å². The molecular formula is C13H12N4O3. The first kappa shape index (κ1) is 12.3. The first-order chi connectivity index (χ1) is 9.65. The molecule has 0 spiro atoms. The van der Waals surface area contributed by atoms with Gasteiger partial charge in [0.25, 0.3) is 0 Å². The van der Waals surface area contributed by atoms with E-state index in [1.165, 1.54) is 7.11 Å². The molecule has 0 radical (unpaired) electrons. The van der Waals surface area contributed by atoms with E-state index in [0.717, 1.165) is 11.5 Å². The van der Waals surface area contributed by atoms with Gasteiger partial charge in [-0.1, -0.05) is 5.16 Å². The van der Waals surface area contributed by atoms with Gasteiger partial charge >= 0.3 is 5.97 Å². The predicted octanol–water partition coefficient (Wildman–Crippen LogP) is 1.56. The third-order valence-electron chi connectivity index (χ3n) is 2.81. The number of rotatable bonds is 3. The van der Waals surface area contributed by atoms with Crippen molar-refractivity contribution < 1.29 is 14.1 Å². The van der Waals surface area contributed by atoms with Crippen molar-refractivity contribution in [3.05, 3.63) is 41.5 Å². The summed E-state index contributed by atoms with van der Waals surface area (Å²) >= 11 is 0. The van der Waals surface area contributed by atoms with Crippen molar-refractivity contribution in [3.8, 4) is 0 Å². The lowest BCUT2D eigenvalue weighted by molar-refractivity contribution is 0.0594. The molecule has 3 aromatic heterocycles. The molecule has 7 heteroatoms. The Hall–Kier alpha value is -2.70. The number of aromatic nitrogens is 4. The van der Waals surface area contributed by atoms with E-state index in [0.29, 0.717) is 17.6 Å². The molecule has 102 valence electrons. The lowest BCUT2D eigenvalue weighted by Crippen LogP contribution is -2.03. The van der Waals surface area contributed by atoms with E-state index in [-0.39, 0.29) is 5.69 Å². The molecule has 0 saturated heterocycles. The number of hydrogen-bond donors (Lipinski definition) is 0. The molecule has 0 aliphatic heterocycles. The minimum absolute atomic E-state index is 0.261. The Kier molecular flexibility index (Phi) is 2.94. The summed E-state index contributed by atoms with van der Waals surface area (Å²) in [4.78, 5) is 15.6. The lowest BCUT2D eigenvalue weighted by atomic mass is 10.3. The van der Waals surface area contributed by atoms with Gasteiger partial charge in [-0.05, 0) is 19.1 Å². The van der Waals surface area contributed by atoms with Gasteiger partial charge in [0.15, 0.2) is 0 Å². The first-order valence-electron chi connectivity index (χ1n) is 6.00. The van der Waals surface area contributed by atoms with Crippen LogP contribution >= 0.6 is 0 Å². The Morgan fingerprint density at radius 3 is 2.95 bits per heavy atom. The van der Waals surface area contributed by atoms with Crippen molar-refractivity contribution in [1.29, 1.82) is 0 Å². The highest BCUT2D eigenvalue weighted by Crippen LogP contribution is 2.12. The number of fused-ring (bicyclic) bond motifs is 1. The average Bonchev–Trinajstić information content (AvgIpc) is 3.02. The molecule has 0 aliphatic carbocycles. The van der Waals surface area contributed by atoms with Crippen LogP contribution in [0.1, 0.15) is 21.9 Å². The maximum absolute atomic E-state index is 11.4. The molecule has 0 aliphatic rings. The van der Waals surface area contributed by atoms with Crippen molar-refractivity contribution in [2.45, 2.75) is 13.5 Å².